The number of rotatable bonds is 1. The van der Waals surface area contributed by atoms with Crippen LogP contribution in [0.1, 0.15) is 18.9 Å². The number of fused-ring (bicyclic) bond motifs is 1. The van der Waals surface area contributed by atoms with Gasteiger partial charge in [0.15, 0.2) is 0 Å². The van der Waals surface area contributed by atoms with Crippen LogP contribution in [0.25, 0.3) is 11.0 Å². The van der Waals surface area contributed by atoms with Crippen LogP contribution in [-0.2, 0) is 9.59 Å². The summed E-state index contributed by atoms with van der Waals surface area (Å²) in [6.07, 6.45) is 2.53. The third kappa shape index (κ3) is 1.82. The van der Waals surface area contributed by atoms with Crippen molar-refractivity contribution < 1.29 is 9.59 Å². The van der Waals surface area contributed by atoms with Crippen LogP contribution in [0.5, 0.6) is 0 Å². The first-order valence-corrected chi connectivity index (χ1v) is 6.40. The number of benzene rings is 1. The topological polar surface area (TPSA) is 64.0 Å². The number of aromatic nitrogens is 2. The van der Waals surface area contributed by atoms with Gasteiger partial charge in [-0.05, 0) is 24.6 Å². The highest BCUT2D eigenvalue weighted by Crippen LogP contribution is 2.25. The van der Waals surface area contributed by atoms with E-state index in [0.717, 1.165) is 15.5 Å². The van der Waals surface area contributed by atoms with Gasteiger partial charge in [-0.3, -0.25) is 14.9 Å². The minimum absolute atomic E-state index is 0.207. The Morgan fingerprint density at radius 3 is 3.00 bits per heavy atom. The summed E-state index contributed by atoms with van der Waals surface area (Å²) in [7, 11) is 0. The van der Waals surface area contributed by atoms with Crippen LogP contribution in [0.3, 0.4) is 0 Å². The molecular weight excluding hydrogens is 298 g/mol. The van der Waals surface area contributed by atoms with Gasteiger partial charge in [0.05, 0.1) is 17.4 Å². The molecule has 1 unspecified atom stereocenters. The van der Waals surface area contributed by atoms with E-state index >= 15 is 0 Å². The van der Waals surface area contributed by atoms with Crippen molar-refractivity contribution in [2.75, 3.05) is 0 Å². The average Bonchev–Trinajstić information content (AvgIpc) is 2.72. The van der Waals surface area contributed by atoms with E-state index in [9.17, 15) is 9.59 Å². The molecule has 1 aromatic heterocycles. The molecule has 92 valence electrons. The van der Waals surface area contributed by atoms with Gasteiger partial charge in [0.1, 0.15) is 6.04 Å². The molecule has 1 aliphatic heterocycles. The lowest BCUT2D eigenvalue weighted by Crippen LogP contribution is -2.41. The maximum atomic E-state index is 11.8. The summed E-state index contributed by atoms with van der Waals surface area (Å²) in [5, 5.41) is 2.36. The van der Waals surface area contributed by atoms with Gasteiger partial charge in [-0.1, -0.05) is 15.9 Å². The average molecular weight is 308 g/mol. The molecular formula is C12H10BrN3O2. The van der Waals surface area contributed by atoms with Gasteiger partial charge in [-0.2, -0.15) is 0 Å². The fourth-order valence-electron chi connectivity index (χ4n) is 2.20. The molecule has 0 aliphatic carbocycles. The van der Waals surface area contributed by atoms with E-state index in [-0.39, 0.29) is 17.9 Å². The molecule has 2 heterocycles. The Balaban J connectivity index is 2.06. The molecule has 1 atom stereocenters. The molecule has 1 fully saturated rings. The second-order valence-corrected chi connectivity index (χ2v) is 5.17. The molecule has 2 amide bonds. The monoisotopic (exact) mass is 307 g/mol. The largest absolute Gasteiger partial charge is 0.318 e. The highest BCUT2D eigenvalue weighted by Gasteiger charge is 2.28. The molecule has 0 bridgehead atoms. The van der Waals surface area contributed by atoms with Crippen molar-refractivity contribution in [2.24, 2.45) is 0 Å². The molecule has 0 spiro atoms. The number of nitrogens with zero attached hydrogens (tertiary/aromatic N) is 2. The van der Waals surface area contributed by atoms with E-state index in [4.69, 9.17) is 0 Å². The SMILES string of the molecule is O=C1CCC(n2cnc3ccc(Br)cc32)C(=O)N1. The Hall–Kier alpha value is -1.69. The molecule has 5 nitrogen and oxygen atoms in total. The van der Waals surface area contributed by atoms with Crippen LogP contribution in [0, 0.1) is 0 Å². The predicted molar refractivity (Wildman–Crippen MR) is 68.9 cm³/mol. The third-order valence-corrected chi connectivity index (χ3v) is 3.58. The maximum Gasteiger partial charge on any atom is 0.249 e. The molecule has 0 saturated carbocycles. The van der Waals surface area contributed by atoms with Gasteiger partial charge in [0, 0.05) is 10.9 Å². The van der Waals surface area contributed by atoms with Crippen LogP contribution in [0.15, 0.2) is 29.0 Å². The first-order chi connectivity index (χ1) is 8.65. The normalized spacial score (nSPS) is 20.2. The first kappa shape index (κ1) is 11.4. The van der Waals surface area contributed by atoms with Gasteiger partial charge < -0.3 is 4.57 Å². The second kappa shape index (κ2) is 4.20. The Labute approximate surface area is 111 Å². The van der Waals surface area contributed by atoms with E-state index in [1.165, 1.54) is 0 Å². The smallest absolute Gasteiger partial charge is 0.249 e. The zero-order valence-electron chi connectivity index (χ0n) is 9.39. The third-order valence-electron chi connectivity index (χ3n) is 3.08. The van der Waals surface area contributed by atoms with Crippen molar-refractivity contribution in [3.63, 3.8) is 0 Å². The molecule has 1 aliphatic rings. The van der Waals surface area contributed by atoms with E-state index in [0.29, 0.717) is 12.8 Å². The van der Waals surface area contributed by atoms with Crippen molar-refractivity contribution in [2.45, 2.75) is 18.9 Å². The Bertz CT molecular complexity index is 650. The fraction of sp³-hybridized carbons (Fsp3) is 0.250. The number of hydrogen-bond donors (Lipinski definition) is 1. The van der Waals surface area contributed by atoms with Gasteiger partial charge in [-0.25, -0.2) is 4.98 Å². The summed E-state index contributed by atoms with van der Waals surface area (Å²) in [6.45, 7) is 0. The van der Waals surface area contributed by atoms with Crippen molar-refractivity contribution >= 4 is 38.8 Å². The number of imidazole rings is 1. The molecule has 0 radical (unpaired) electrons. The number of hydrogen-bond acceptors (Lipinski definition) is 3. The van der Waals surface area contributed by atoms with Crippen molar-refractivity contribution in [1.82, 2.24) is 14.9 Å². The lowest BCUT2D eigenvalue weighted by Gasteiger charge is -2.22. The standard InChI is InChI=1S/C12H10BrN3O2/c13-7-1-2-8-10(5-7)16(6-14-8)9-3-4-11(17)15-12(9)18/h1-2,5-6,9H,3-4H2,(H,15,17,18). The van der Waals surface area contributed by atoms with Crippen LogP contribution < -0.4 is 5.32 Å². The summed E-state index contributed by atoms with van der Waals surface area (Å²) in [5.74, 6) is -0.465. The Morgan fingerprint density at radius 1 is 1.39 bits per heavy atom. The molecule has 18 heavy (non-hydrogen) atoms. The number of carbonyl (C=O) groups is 2. The van der Waals surface area contributed by atoms with Crippen molar-refractivity contribution in [1.29, 1.82) is 0 Å². The van der Waals surface area contributed by atoms with E-state index in [2.05, 4.69) is 26.2 Å². The maximum absolute atomic E-state index is 11.8. The molecule has 3 rings (SSSR count). The lowest BCUT2D eigenvalue weighted by atomic mass is 10.1. The number of halogens is 1. The van der Waals surface area contributed by atoms with Crippen LogP contribution in [-0.4, -0.2) is 21.4 Å². The van der Waals surface area contributed by atoms with E-state index in [1.807, 2.05) is 22.8 Å². The molecule has 1 saturated heterocycles. The van der Waals surface area contributed by atoms with Crippen LogP contribution >= 0.6 is 15.9 Å². The summed E-state index contributed by atoms with van der Waals surface area (Å²) < 4.78 is 2.76. The fourth-order valence-corrected chi connectivity index (χ4v) is 2.54. The number of nitrogens with one attached hydrogen (secondary N) is 1. The first-order valence-electron chi connectivity index (χ1n) is 5.61. The molecule has 1 N–H and O–H groups in total. The summed E-state index contributed by atoms with van der Waals surface area (Å²) >= 11 is 3.40. The van der Waals surface area contributed by atoms with Gasteiger partial charge >= 0.3 is 0 Å². The highest BCUT2D eigenvalue weighted by molar-refractivity contribution is 9.10. The zero-order valence-corrected chi connectivity index (χ0v) is 11.0. The van der Waals surface area contributed by atoms with Crippen molar-refractivity contribution in [3.05, 3.63) is 29.0 Å². The van der Waals surface area contributed by atoms with Gasteiger partial charge in [0.2, 0.25) is 11.8 Å². The van der Waals surface area contributed by atoms with Gasteiger partial charge in [0.25, 0.3) is 0 Å². The Morgan fingerprint density at radius 2 is 2.22 bits per heavy atom. The van der Waals surface area contributed by atoms with Crippen molar-refractivity contribution in [3.8, 4) is 0 Å². The zero-order chi connectivity index (χ0) is 12.7. The highest BCUT2D eigenvalue weighted by atomic mass is 79.9. The van der Waals surface area contributed by atoms with Crippen LogP contribution in [0.4, 0.5) is 0 Å². The summed E-state index contributed by atoms with van der Waals surface area (Å²) in [6, 6.07) is 5.36. The number of piperidine rings is 1. The number of carbonyl (C=O) groups excluding carboxylic acids is 2. The number of amides is 2. The minimum Gasteiger partial charge on any atom is -0.318 e. The Kier molecular flexibility index (Phi) is 2.66. The van der Waals surface area contributed by atoms with E-state index in [1.54, 1.807) is 6.33 Å². The molecule has 1 aromatic carbocycles. The summed E-state index contributed by atoms with van der Waals surface area (Å²) in [4.78, 5) is 27.2. The van der Waals surface area contributed by atoms with Gasteiger partial charge in [-0.15, -0.1) is 0 Å². The minimum atomic E-state index is -0.359. The quantitative estimate of drug-likeness (QED) is 0.817. The lowest BCUT2D eigenvalue weighted by molar-refractivity contribution is -0.135. The summed E-state index contributed by atoms with van der Waals surface area (Å²) in [5.41, 5.74) is 1.72. The van der Waals surface area contributed by atoms with Crippen LogP contribution in [0.2, 0.25) is 0 Å². The van der Waals surface area contributed by atoms with E-state index < -0.39 is 0 Å². The predicted octanol–water partition coefficient (Wildman–Crippen LogP) is 1.78. The number of imide groups is 1. The molecule has 6 heteroatoms. The molecule has 2 aromatic rings. The second-order valence-electron chi connectivity index (χ2n) is 4.25.